The van der Waals surface area contributed by atoms with E-state index >= 15 is 0 Å². The molecule has 0 bridgehead atoms. The van der Waals surface area contributed by atoms with Crippen molar-refractivity contribution < 1.29 is 14.3 Å². The van der Waals surface area contributed by atoms with Gasteiger partial charge < -0.3 is 4.74 Å². The van der Waals surface area contributed by atoms with E-state index in [-0.39, 0.29) is 18.0 Å². The number of rotatable bonds is 2. The van der Waals surface area contributed by atoms with Gasteiger partial charge >= 0.3 is 0 Å². The zero-order valence-corrected chi connectivity index (χ0v) is 8.05. The maximum atomic E-state index is 11.8. The van der Waals surface area contributed by atoms with Crippen molar-refractivity contribution in [2.45, 2.75) is 12.5 Å². The van der Waals surface area contributed by atoms with Crippen molar-refractivity contribution in [3.05, 3.63) is 48.2 Å². The Hall–Kier alpha value is -1.90. The van der Waals surface area contributed by atoms with Gasteiger partial charge in [0.05, 0.1) is 12.7 Å². The summed E-state index contributed by atoms with van der Waals surface area (Å²) in [5.74, 6) is -0.219. The van der Waals surface area contributed by atoms with Gasteiger partial charge in [-0.25, -0.2) is 0 Å². The summed E-state index contributed by atoms with van der Waals surface area (Å²) in [6, 6.07) is 8.84. The third kappa shape index (κ3) is 2.13. The number of ketones is 2. The Morgan fingerprint density at radius 3 is 2.67 bits per heavy atom. The minimum Gasteiger partial charge on any atom is -0.489 e. The Kier molecular flexibility index (Phi) is 2.63. The molecule has 1 aliphatic heterocycles. The van der Waals surface area contributed by atoms with Crippen LogP contribution in [0.15, 0.2) is 42.7 Å². The molecular formula is C12H10O3. The van der Waals surface area contributed by atoms with E-state index in [1.54, 1.807) is 24.3 Å². The van der Waals surface area contributed by atoms with Crippen LogP contribution in [0, 0.1) is 0 Å². The number of carbonyl (C=O) groups excluding carboxylic acids is 2. The summed E-state index contributed by atoms with van der Waals surface area (Å²) in [5.41, 5.74) is 0.575. The van der Waals surface area contributed by atoms with Crippen molar-refractivity contribution in [2.24, 2.45) is 0 Å². The number of ether oxygens (including phenoxy) is 1. The molecule has 76 valence electrons. The predicted molar refractivity (Wildman–Crippen MR) is 54.4 cm³/mol. The standard InChI is InChI=1S/C12H10O3/c13-10-6-7-15-11(8-10)12(14)9-4-2-1-3-5-9/h1-7,11H,8H2/t11-/m0/s1. The number of Topliss-reactive ketones (excluding diaryl/α,β-unsaturated/α-hetero) is 1. The fourth-order valence-electron chi connectivity index (χ4n) is 1.45. The third-order valence-electron chi connectivity index (χ3n) is 2.23. The highest BCUT2D eigenvalue weighted by Crippen LogP contribution is 2.13. The molecule has 1 aromatic carbocycles. The topological polar surface area (TPSA) is 43.4 Å². The molecule has 1 heterocycles. The van der Waals surface area contributed by atoms with Crippen LogP contribution in [0.25, 0.3) is 0 Å². The lowest BCUT2D eigenvalue weighted by molar-refractivity contribution is -0.117. The molecule has 0 spiro atoms. The first-order valence-electron chi connectivity index (χ1n) is 4.71. The van der Waals surface area contributed by atoms with Crippen molar-refractivity contribution in [3.63, 3.8) is 0 Å². The molecule has 0 fully saturated rings. The van der Waals surface area contributed by atoms with E-state index in [0.29, 0.717) is 5.56 Å². The van der Waals surface area contributed by atoms with Crippen LogP contribution in [0.3, 0.4) is 0 Å². The molecule has 0 amide bonds. The number of hydrogen-bond acceptors (Lipinski definition) is 3. The van der Waals surface area contributed by atoms with E-state index in [9.17, 15) is 9.59 Å². The summed E-state index contributed by atoms with van der Waals surface area (Å²) in [7, 11) is 0. The maximum Gasteiger partial charge on any atom is 0.203 e. The number of carbonyl (C=O) groups is 2. The van der Waals surface area contributed by atoms with Crippen LogP contribution in [-0.2, 0) is 9.53 Å². The zero-order valence-electron chi connectivity index (χ0n) is 8.05. The van der Waals surface area contributed by atoms with Gasteiger partial charge in [-0.3, -0.25) is 9.59 Å². The molecular weight excluding hydrogens is 192 g/mol. The monoisotopic (exact) mass is 202 g/mol. The second-order valence-electron chi connectivity index (χ2n) is 3.33. The summed E-state index contributed by atoms with van der Waals surface area (Å²) in [5, 5.41) is 0. The minimum absolute atomic E-state index is 0.0736. The van der Waals surface area contributed by atoms with Crippen LogP contribution in [0.1, 0.15) is 16.8 Å². The lowest BCUT2D eigenvalue weighted by Gasteiger charge is -2.17. The molecule has 1 aliphatic rings. The smallest absolute Gasteiger partial charge is 0.203 e. The second kappa shape index (κ2) is 4.09. The van der Waals surface area contributed by atoms with Crippen LogP contribution in [0.5, 0.6) is 0 Å². The Balaban J connectivity index is 2.16. The maximum absolute atomic E-state index is 11.8. The first-order valence-corrected chi connectivity index (χ1v) is 4.71. The van der Waals surface area contributed by atoms with Gasteiger partial charge in [0.15, 0.2) is 11.9 Å². The fraction of sp³-hybridized carbons (Fsp3) is 0.167. The Morgan fingerprint density at radius 2 is 2.00 bits per heavy atom. The fourth-order valence-corrected chi connectivity index (χ4v) is 1.45. The second-order valence-corrected chi connectivity index (χ2v) is 3.33. The van der Waals surface area contributed by atoms with Gasteiger partial charge in [0, 0.05) is 11.6 Å². The molecule has 1 atom stereocenters. The highest BCUT2D eigenvalue weighted by molar-refractivity contribution is 6.03. The van der Waals surface area contributed by atoms with Crippen LogP contribution in [0.2, 0.25) is 0 Å². The highest BCUT2D eigenvalue weighted by atomic mass is 16.5. The largest absolute Gasteiger partial charge is 0.489 e. The lowest BCUT2D eigenvalue weighted by Crippen LogP contribution is -2.27. The molecule has 0 aromatic heterocycles. The first kappa shape index (κ1) is 9.65. The van der Waals surface area contributed by atoms with Crippen molar-refractivity contribution in [3.8, 4) is 0 Å². The minimum atomic E-state index is -0.662. The molecule has 3 nitrogen and oxygen atoms in total. The normalized spacial score (nSPS) is 19.7. The summed E-state index contributed by atoms with van der Waals surface area (Å²) in [6.45, 7) is 0. The van der Waals surface area contributed by atoms with Crippen LogP contribution in [0.4, 0.5) is 0 Å². The van der Waals surface area contributed by atoms with Crippen LogP contribution >= 0.6 is 0 Å². The third-order valence-corrected chi connectivity index (χ3v) is 2.23. The highest BCUT2D eigenvalue weighted by Gasteiger charge is 2.25. The number of allylic oxidation sites excluding steroid dienone is 1. The Labute approximate surface area is 87.4 Å². The SMILES string of the molecule is O=C1C=CO[C@H](C(=O)c2ccccc2)C1. The van der Waals surface area contributed by atoms with Gasteiger partial charge in [-0.15, -0.1) is 0 Å². The quantitative estimate of drug-likeness (QED) is 0.686. The lowest BCUT2D eigenvalue weighted by atomic mass is 10.0. The van der Waals surface area contributed by atoms with E-state index < -0.39 is 6.10 Å². The van der Waals surface area contributed by atoms with E-state index in [2.05, 4.69) is 0 Å². The van der Waals surface area contributed by atoms with Gasteiger partial charge in [0.1, 0.15) is 0 Å². The van der Waals surface area contributed by atoms with Gasteiger partial charge in [0.25, 0.3) is 0 Å². The predicted octanol–water partition coefficient (Wildman–Crippen LogP) is 1.74. The summed E-state index contributed by atoms with van der Waals surface area (Å²) in [4.78, 5) is 22.9. The molecule has 1 aromatic rings. The average Bonchev–Trinajstić information content (AvgIpc) is 2.29. The van der Waals surface area contributed by atoms with E-state index in [0.717, 1.165) is 0 Å². The van der Waals surface area contributed by atoms with Crippen LogP contribution < -0.4 is 0 Å². The van der Waals surface area contributed by atoms with E-state index in [4.69, 9.17) is 4.74 Å². The summed E-state index contributed by atoms with van der Waals surface area (Å²) >= 11 is 0. The molecule has 15 heavy (non-hydrogen) atoms. The van der Waals surface area contributed by atoms with E-state index in [1.165, 1.54) is 12.3 Å². The van der Waals surface area contributed by atoms with Gasteiger partial charge in [-0.1, -0.05) is 30.3 Å². The van der Waals surface area contributed by atoms with Gasteiger partial charge in [0.2, 0.25) is 5.78 Å². The molecule has 0 aliphatic carbocycles. The van der Waals surface area contributed by atoms with Crippen molar-refractivity contribution in [1.29, 1.82) is 0 Å². The van der Waals surface area contributed by atoms with E-state index in [1.807, 2.05) is 6.07 Å². The van der Waals surface area contributed by atoms with Gasteiger partial charge in [-0.2, -0.15) is 0 Å². The zero-order chi connectivity index (χ0) is 10.7. The summed E-state index contributed by atoms with van der Waals surface area (Å²) < 4.78 is 5.11. The average molecular weight is 202 g/mol. The first-order chi connectivity index (χ1) is 7.27. The summed E-state index contributed by atoms with van der Waals surface area (Å²) in [6.07, 6.45) is 2.10. The molecule has 0 N–H and O–H groups in total. The van der Waals surface area contributed by atoms with Crippen LogP contribution in [-0.4, -0.2) is 17.7 Å². The Bertz CT molecular complexity index is 406. The number of benzene rings is 1. The molecule has 0 radical (unpaired) electrons. The molecule has 2 rings (SSSR count). The Morgan fingerprint density at radius 1 is 1.27 bits per heavy atom. The molecule has 0 unspecified atom stereocenters. The van der Waals surface area contributed by atoms with Gasteiger partial charge in [-0.05, 0) is 0 Å². The van der Waals surface area contributed by atoms with Crippen molar-refractivity contribution in [1.82, 2.24) is 0 Å². The molecule has 3 heteroatoms. The van der Waals surface area contributed by atoms with Crippen molar-refractivity contribution >= 4 is 11.6 Å². The molecule has 0 saturated heterocycles. The van der Waals surface area contributed by atoms with Crippen molar-refractivity contribution in [2.75, 3.05) is 0 Å². The molecule has 0 saturated carbocycles. The number of hydrogen-bond donors (Lipinski definition) is 0.